The van der Waals surface area contributed by atoms with Crippen molar-refractivity contribution in [3.05, 3.63) is 29.3 Å². The van der Waals surface area contributed by atoms with Crippen molar-refractivity contribution in [1.82, 2.24) is 4.90 Å². The highest BCUT2D eigenvalue weighted by Gasteiger charge is 2.35. The third kappa shape index (κ3) is 2.92. The van der Waals surface area contributed by atoms with Crippen LogP contribution < -0.4 is 4.90 Å². The molecule has 1 saturated carbocycles. The first kappa shape index (κ1) is 14.4. The van der Waals surface area contributed by atoms with Gasteiger partial charge in [0.1, 0.15) is 0 Å². The van der Waals surface area contributed by atoms with Gasteiger partial charge in [-0.2, -0.15) is 0 Å². The van der Waals surface area contributed by atoms with Gasteiger partial charge in [0.15, 0.2) is 0 Å². The molecule has 1 atom stereocenters. The number of hydrogen-bond acceptors (Lipinski definition) is 2. The molecule has 3 heteroatoms. The highest BCUT2D eigenvalue weighted by molar-refractivity contribution is 5.79. The minimum absolute atomic E-state index is 0.234. The molecule has 0 radical (unpaired) electrons. The number of aryl methyl sites for hydroxylation is 1. The minimum atomic E-state index is 0.234. The molecule has 2 fully saturated rings. The second-order valence-electron chi connectivity index (χ2n) is 6.66. The second-order valence-corrected chi connectivity index (χ2v) is 6.66. The van der Waals surface area contributed by atoms with E-state index in [1.807, 2.05) is 0 Å². The highest BCUT2D eigenvalue weighted by Crippen LogP contribution is 2.37. The lowest BCUT2D eigenvalue weighted by molar-refractivity contribution is -0.135. The maximum Gasteiger partial charge on any atom is 0.225 e. The summed E-state index contributed by atoms with van der Waals surface area (Å²) in [6.07, 6.45) is 2.49. The number of rotatable bonds is 3. The van der Waals surface area contributed by atoms with Crippen LogP contribution in [-0.4, -0.2) is 37.0 Å². The molecule has 0 aromatic heterocycles. The summed E-state index contributed by atoms with van der Waals surface area (Å²) in [5.41, 5.74) is 4.04. The van der Waals surface area contributed by atoms with Gasteiger partial charge in [0.2, 0.25) is 5.91 Å². The molecule has 0 N–H and O–H groups in total. The molecule has 3 nitrogen and oxygen atoms in total. The molecule has 0 spiro atoms. The van der Waals surface area contributed by atoms with Crippen LogP contribution in [0.15, 0.2) is 18.2 Å². The van der Waals surface area contributed by atoms with Crippen molar-refractivity contribution in [3.63, 3.8) is 0 Å². The Labute approximate surface area is 127 Å². The fourth-order valence-corrected chi connectivity index (χ4v) is 3.33. The minimum Gasteiger partial charge on any atom is -0.368 e. The smallest absolute Gasteiger partial charge is 0.225 e. The second kappa shape index (κ2) is 5.70. The van der Waals surface area contributed by atoms with Crippen LogP contribution in [0.25, 0.3) is 0 Å². The van der Waals surface area contributed by atoms with Crippen molar-refractivity contribution in [2.75, 3.05) is 31.1 Å². The number of carbonyl (C=O) groups excluding carboxylic acids is 1. The molecule has 1 unspecified atom stereocenters. The fourth-order valence-electron chi connectivity index (χ4n) is 3.33. The van der Waals surface area contributed by atoms with E-state index in [9.17, 15) is 4.79 Å². The van der Waals surface area contributed by atoms with E-state index < -0.39 is 0 Å². The van der Waals surface area contributed by atoms with E-state index in [1.165, 1.54) is 29.7 Å². The third-order valence-electron chi connectivity index (χ3n) is 5.23. The largest absolute Gasteiger partial charge is 0.368 e. The Bertz CT molecular complexity index is 528. The summed E-state index contributed by atoms with van der Waals surface area (Å²) in [6.45, 7) is 10.1. The summed E-state index contributed by atoms with van der Waals surface area (Å²) >= 11 is 0. The van der Waals surface area contributed by atoms with Crippen molar-refractivity contribution in [1.29, 1.82) is 0 Å². The number of benzene rings is 1. The molecule has 1 aromatic carbocycles. The summed E-state index contributed by atoms with van der Waals surface area (Å²) in [7, 11) is 0. The van der Waals surface area contributed by atoms with Crippen molar-refractivity contribution in [2.24, 2.45) is 11.8 Å². The van der Waals surface area contributed by atoms with E-state index in [1.54, 1.807) is 0 Å². The lowest BCUT2D eigenvalue weighted by Gasteiger charge is -2.38. The normalized spacial score (nSPS) is 20.5. The summed E-state index contributed by atoms with van der Waals surface area (Å²) in [5.74, 6) is 1.27. The van der Waals surface area contributed by atoms with Crippen LogP contribution in [0.4, 0.5) is 5.69 Å². The molecular weight excluding hydrogens is 260 g/mol. The van der Waals surface area contributed by atoms with E-state index in [2.05, 4.69) is 48.8 Å². The van der Waals surface area contributed by atoms with Crippen LogP contribution >= 0.6 is 0 Å². The van der Waals surface area contributed by atoms with Crippen LogP contribution in [0.3, 0.4) is 0 Å². The average molecular weight is 286 g/mol. The van der Waals surface area contributed by atoms with Gasteiger partial charge in [-0.05, 0) is 49.8 Å². The lowest BCUT2D eigenvalue weighted by atomic mass is 10.0. The monoisotopic (exact) mass is 286 g/mol. The van der Waals surface area contributed by atoms with Gasteiger partial charge >= 0.3 is 0 Å². The van der Waals surface area contributed by atoms with Crippen LogP contribution in [0.2, 0.25) is 0 Å². The first-order valence-corrected chi connectivity index (χ1v) is 8.18. The zero-order valence-corrected chi connectivity index (χ0v) is 13.4. The molecule has 1 aliphatic carbocycles. The van der Waals surface area contributed by atoms with Gasteiger partial charge < -0.3 is 9.80 Å². The van der Waals surface area contributed by atoms with E-state index in [0.29, 0.717) is 11.8 Å². The summed E-state index contributed by atoms with van der Waals surface area (Å²) in [4.78, 5) is 16.9. The van der Waals surface area contributed by atoms with Gasteiger partial charge in [-0.25, -0.2) is 0 Å². The van der Waals surface area contributed by atoms with Crippen molar-refractivity contribution < 1.29 is 4.79 Å². The predicted octanol–water partition coefficient (Wildman–Crippen LogP) is 3.00. The van der Waals surface area contributed by atoms with Crippen LogP contribution in [0, 0.1) is 25.7 Å². The first-order chi connectivity index (χ1) is 10.1. The number of hydrogen-bond donors (Lipinski definition) is 0. The highest BCUT2D eigenvalue weighted by atomic mass is 16.2. The Morgan fingerprint density at radius 3 is 2.43 bits per heavy atom. The van der Waals surface area contributed by atoms with Crippen LogP contribution in [0.5, 0.6) is 0 Å². The number of nitrogens with zero attached hydrogens (tertiary/aromatic N) is 2. The Morgan fingerprint density at radius 2 is 1.81 bits per heavy atom. The van der Waals surface area contributed by atoms with Gasteiger partial charge in [0, 0.05) is 37.8 Å². The lowest BCUT2D eigenvalue weighted by Crippen LogP contribution is -2.50. The maximum atomic E-state index is 12.5. The molecule has 2 aliphatic rings. The van der Waals surface area contributed by atoms with E-state index in [0.717, 1.165) is 26.2 Å². The SMILES string of the molecule is Cc1cccc(N2CCN(C(=O)C(C)C3CC3)CC2)c1C. The van der Waals surface area contributed by atoms with E-state index >= 15 is 0 Å². The van der Waals surface area contributed by atoms with Gasteiger partial charge in [0.25, 0.3) is 0 Å². The predicted molar refractivity (Wildman–Crippen MR) is 86.6 cm³/mol. The van der Waals surface area contributed by atoms with E-state index in [-0.39, 0.29) is 5.92 Å². The number of carbonyl (C=O) groups is 1. The molecule has 1 aliphatic heterocycles. The molecule has 1 amide bonds. The molecule has 1 aromatic rings. The number of anilines is 1. The van der Waals surface area contributed by atoms with Crippen LogP contribution in [-0.2, 0) is 4.79 Å². The molecule has 0 bridgehead atoms. The molecule has 21 heavy (non-hydrogen) atoms. The maximum absolute atomic E-state index is 12.5. The summed E-state index contributed by atoms with van der Waals surface area (Å²) < 4.78 is 0. The summed E-state index contributed by atoms with van der Waals surface area (Å²) in [6, 6.07) is 6.49. The van der Waals surface area contributed by atoms with Crippen molar-refractivity contribution in [3.8, 4) is 0 Å². The van der Waals surface area contributed by atoms with Gasteiger partial charge in [-0.3, -0.25) is 4.79 Å². The standard InChI is InChI=1S/C18H26N2O/c1-13-5-4-6-17(14(13)2)19-9-11-20(12-10-19)18(21)15(3)16-7-8-16/h4-6,15-16H,7-12H2,1-3H3. The molecule has 1 saturated heterocycles. The number of piperazine rings is 1. The Kier molecular flexibility index (Phi) is 3.92. The Hall–Kier alpha value is -1.51. The molecule has 1 heterocycles. The van der Waals surface area contributed by atoms with Gasteiger partial charge in [-0.15, -0.1) is 0 Å². The molecular formula is C18H26N2O. The zero-order valence-electron chi connectivity index (χ0n) is 13.4. The van der Waals surface area contributed by atoms with Crippen molar-refractivity contribution in [2.45, 2.75) is 33.6 Å². The third-order valence-corrected chi connectivity index (χ3v) is 5.23. The average Bonchev–Trinajstić information content (AvgIpc) is 3.33. The quantitative estimate of drug-likeness (QED) is 0.853. The van der Waals surface area contributed by atoms with Crippen molar-refractivity contribution >= 4 is 11.6 Å². The first-order valence-electron chi connectivity index (χ1n) is 8.18. The Balaban J connectivity index is 1.62. The van der Waals surface area contributed by atoms with Gasteiger partial charge in [0.05, 0.1) is 0 Å². The van der Waals surface area contributed by atoms with E-state index in [4.69, 9.17) is 0 Å². The zero-order chi connectivity index (χ0) is 15.0. The molecule has 3 rings (SSSR count). The molecule has 114 valence electrons. The summed E-state index contributed by atoms with van der Waals surface area (Å²) in [5, 5.41) is 0. The fraction of sp³-hybridized carbons (Fsp3) is 0.611. The number of amides is 1. The topological polar surface area (TPSA) is 23.6 Å². The van der Waals surface area contributed by atoms with Gasteiger partial charge in [-0.1, -0.05) is 19.1 Å². The Morgan fingerprint density at radius 1 is 1.14 bits per heavy atom. The van der Waals surface area contributed by atoms with Crippen LogP contribution in [0.1, 0.15) is 30.9 Å².